The molecule has 0 radical (unpaired) electrons. The molecule has 0 saturated carbocycles. The van der Waals surface area contributed by atoms with Crippen LogP contribution in [0, 0.1) is 0 Å². The molecule has 2 aromatic heterocycles. The summed E-state index contributed by atoms with van der Waals surface area (Å²) in [7, 11) is 1.35. The van der Waals surface area contributed by atoms with Crippen LogP contribution in [0.1, 0.15) is 15.9 Å². The van der Waals surface area contributed by atoms with Crippen molar-refractivity contribution in [2.75, 3.05) is 12.4 Å². The summed E-state index contributed by atoms with van der Waals surface area (Å²) in [5, 5.41) is 3.18. The molecule has 0 aliphatic heterocycles. The maximum absolute atomic E-state index is 11.7. The van der Waals surface area contributed by atoms with Crippen LogP contribution in [0.5, 0.6) is 0 Å². The van der Waals surface area contributed by atoms with Crippen LogP contribution in [-0.2, 0) is 11.3 Å². The van der Waals surface area contributed by atoms with E-state index < -0.39 is 5.97 Å². The van der Waals surface area contributed by atoms with E-state index in [9.17, 15) is 4.79 Å². The van der Waals surface area contributed by atoms with Gasteiger partial charge in [-0.05, 0) is 39.7 Å². The van der Waals surface area contributed by atoms with Gasteiger partial charge >= 0.3 is 5.97 Å². The Hall–Kier alpha value is -2.41. The van der Waals surface area contributed by atoms with Crippen LogP contribution in [0.25, 0.3) is 11.0 Å². The minimum atomic E-state index is -0.403. The molecule has 0 unspecified atom stereocenters. The third kappa shape index (κ3) is 2.94. The van der Waals surface area contributed by atoms with Gasteiger partial charge in [-0.25, -0.2) is 9.78 Å². The Balaban J connectivity index is 1.85. The second-order valence-corrected chi connectivity index (χ2v) is 5.56. The van der Waals surface area contributed by atoms with E-state index in [0.29, 0.717) is 23.6 Å². The van der Waals surface area contributed by atoms with Crippen LogP contribution in [0.4, 0.5) is 5.95 Å². The smallest absolute Gasteiger partial charge is 0.340 e. The first-order valence-electron chi connectivity index (χ1n) is 6.57. The third-order valence-electron chi connectivity index (χ3n) is 3.14. The highest BCUT2D eigenvalue weighted by Crippen LogP contribution is 2.20. The lowest BCUT2D eigenvalue weighted by atomic mass is 10.2. The number of pyridine rings is 1. The summed E-state index contributed by atoms with van der Waals surface area (Å²) in [4.78, 5) is 23.4. The number of hydrogen-bond donors (Lipinski definition) is 2. The number of carbonyl (C=O) groups excluding carboxylic acids is 1. The van der Waals surface area contributed by atoms with Gasteiger partial charge in [-0.15, -0.1) is 0 Å². The Labute approximate surface area is 135 Å². The van der Waals surface area contributed by atoms with Gasteiger partial charge in [-0.2, -0.15) is 0 Å². The van der Waals surface area contributed by atoms with Gasteiger partial charge in [0, 0.05) is 23.4 Å². The number of nitrogens with one attached hydrogen (secondary N) is 2. The third-order valence-corrected chi connectivity index (χ3v) is 3.57. The number of para-hydroxylation sites is 1. The molecular formula is C15H13BrN4O2. The van der Waals surface area contributed by atoms with Gasteiger partial charge < -0.3 is 15.0 Å². The Morgan fingerprint density at radius 2 is 2.27 bits per heavy atom. The number of aromatic amines is 1. The molecule has 6 nitrogen and oxygen atoms in total. The molecule has 0 atom stereocenters. The summed E-state index contributed by atoms with van der Waals surface area (Å²) in [6.07, 6.45) is 3.51. The van der Waals surface area contributed by atoms with Crippen LogP contribution < -0.4 is 5.32 Å². The van der Waals surface area contributed by atoms with Crippen molar-refractivity contribution >= 4 is 38.9 Å². The molecule has 1 aromatic carbocycles. The minimum absolute atomic E-state index is 0.403. The lowest BCUT2D eigenvalue weighted by molar-refractivity contribution is 0.0603. The molecule has 0 aliphatic carbocycles. The molecule has 112 valence electrons. The number of carbonyl (C=O) groups is 1. The standard InChI is InChI=1S/C15H13BrN4O2/c1-22-14(21)11-3-2-4-12-13(11)20-15(19-12)18-7-9-5-10(16)8-17-6-9/h2-6,8H,7H2,1H3,(H2,18,19,20). The number of imidazole rings is 1. The maximum atomic E-state index is 11.7. The largest absolute Gasteiger partial charge is 0.465 e. The van der Waals surface area contributed by atoms with Crippen molar-refractivity contribution in [2.45, 2.75) is 6.54 Å². The molecule has 3 aromatic rings. The number of fused-ring (bicyclic) bond motifs is 1. The van der Waals surface area contributed by atoms with Crippen LogP contribution >= 0.6 is 15.9 Å². The molecule has 0 bridgehead atoms. The minimum Gasteiger partial charge on any atom is -0.465 e. The molecule has 3 rings (SSSR count). The first-order valence-corrected chi connectivity index (χ1v) is 7.37. The van der Waals surface area contributed by atoms with Gasteiger partial charge in [0.1, 0.15) is 5.52 Å². The van der Waals surface area contributed by atoms with Gasteiger partial charge in [-0.3, -0.25) is 4.98 Å². The Morgan fingerprint density at radius 3 is 3.05 bits per heavy atom. The van der Waals surface area contributed by atoms with Crippen LogP contribution in [0.3, 0.4) is 0 Å². The molecule has 0 amide bonds. The second kappa shape index (κ2) is 6.15. The number of methoxy groups -OCH3 is 1. The number of esters is 1. The highest BCUT2D eigenvalue weighted by molar-refractivity contribution is 9.10. The lowest BCUT2D eigenvalue weighted by Crippen LogP contribution is -2.02. The number of nitrogens with zero attached hydrogens (tertiary/aromatic N) is 2. The van der Waals surface area contributed by atoms with Gasteiger partial charge in [0.25, 0.3) is 0 Å². The van der Waals surface area contributed by atoms with Gasteiger partial charge in [-0.1, -0.05) is 6.07 Å². The first-order chi connectivity index (χ1) is 10.7. The summed E-state index contributed by atoms with van der Waals surface area (Å²) in [6, 6.07) is 7.31. The molecule has 0 saturated heterocycles. The zero-order valence-electron chi connectivity index (χ0n) is 11.8. The van der Waals surface area contributed by atoms with Crippen molar-refractivity contribution in [3.05, 3.63) is 52.3 Å². The second-order valence-electron chi connectivity index (χ2n) is 4.64. The number of halogens is 1. The SMILES string of the molecule is COC(=O)c1cccc2[nH]c(NCc3cncc(Br)c3)nc12. The summed E-state index contributed by atoms with van der Waals surface area (Å²) < 4.78 is 5.69. The highest BCUT2D eigenvalue weighted by Gasteiger charge is 2.13. The highest BCUT2D eigenvalue weighted by atomic mass is 79.9. The van der Waals surface area contributed by atoms with Crippen LogP contribution in [0.15, 0.2) is 41.1 Å². The van der Waals surface area contributed by atoms with Crippen molar-refractivity contribution in [1.82, 2.24) is 15.0 Å². The number of hydrogen-bond acceptors (Lipinski definition) is 5. The summed E-state index contributed by atoms with van der Waals surface area (Å²) in [5.41, 5.74) is 2.82. The summed E-state index contributed by atoms with van der Waals surface area (Å²) in [6.45, 7) is 0.569. The topological polar surface area (TPSA) is 79.9 Å². The number of benzene rings is 1. The van der Waals surface area contributed by atoms with Gasteiger partial charge in [0.2, 0.25) is 5.95 Å². The van der Waals surface area contributed by atoms with Gasteiger partial charge in [0.05, 0.1) is 18.2 Å². The number of aromatic nitrogens is 3. The van der Waals surface area contributed by atoms with Crippen LogP contribution in [0.2, 0.25) is 0 Å². The molecule has 0 fully saturated rings. The molecule has 2 N–H and O–H groups in total. The molecule has 7 heteroatoms. The average Bonchev–Trinajstić information content (AvgIpc) is 2.95. The molecule has 0 aliphatic rings. The Morgan fingerprint density at radius 1 is 1.41 bits per heavy atom. The molecule has 2 heterocycles. The van der Waals surface area contributed by atoms with E-state index in [-0.39, 0.29) is 0 Å². The number of rotatable bonds is 4. The number of anilines is 1. The lowest BCUT2D eigenvalue weighted by Gasteiger charge is -2.02. The van der Waals surface area contributed by atoms with E-state index in [0.717, 1.165) is 15.6 Å². The maximum Gasteiger partial charge on any atom is 0.340 e. The van der Waals surface area contributed by atoms with Crippen molar-refractivity contribution in [3.8, 4) is 0 Å². The zero-order valence-corrected chi connectivity index (χ0v) is 13.3. The Kier molecular flexibility index (Phi) is 4.06. The fourth-order valence-electron chi connectivity index (χ4n) is 2.13. The quantitative estimate of drug-likeness (QED) is 0.698. The van der Waals surface area contributed by atoms with Crippen molar-refractivity contribution in [1.29, 1.82) is 0 Å². The first kappa shape index (κ1) is 14.5. The number of ether oxygens (including phenoxy) is 1. The molecule has 0 spiro atoms. The van der Waals surface area contributed by atoms with E-state index in [2.05, 4.69) is 36.2 Å². The van der Waals surface area contributed by atoms with E-state index in [4.69, 9.17) is 4.74 Å². The van der Waals surface area contributed by atoms with E-state index in [1.807, 2.05) is 12.1 Å². The molecular weight excluding hydrogens is 348 g/mol. The molecule has 22 heavy (non-hydrogen) atoms. The average molecular weight is 361 g/mol. The van der Waals surface area contributed by atoms with Crippen molar-refractivity contribution < 1.29 is 9.53 Å². The van der Waals surface area contributed by atoms with E-state index in [1.165, 1.54) is 7.11 Å². The fourth-order valence-corrected chi connectivity index (χ4v) is 2.54. The monoisotopic (exact) mass is 360 g/mol. The predicted octanol–water partition coefficient (Wildman–Crippen LogP) is 3.12. The van der Waals surface area contributed by atoms with E-state index >= 15 is 0 Å². The summed E-state index contributed by atoms with van der Waals surface area (Å²) >= 11 is 3.38. The van der Waals surface area contributed by atoms with E-state index in [1.54, 1.807) is 24.5 Å². The Bertz CT molecular complexity index is 831. The van der Waals surface area contributed by atoms with Gasteiger partial charge in [0.15, 0.2) is 0 Å². The fraction of sp³-hybridized carbons (Fsp3) is 0.133. The summed E-state index contributed by atoms with van der Waals surface area (Å²) in [5.74, 6) is 0.186. The van der Waals surface area contributed by atoms with Crippen molar-refractivity contribution in [2.24, 2.45) is 0 Å². The number of H-pyrrole nitrogens is 1. The van der Waals surface area contributed by atoms with Crippen LogP contribution in [-0.4, -0.2) is 28.0 Å². The zero-order chi connectivity index (χ0) is 15.5. The van der Waals surface area contributed by atoms with Crippen molar-refractivity contribution in [3.63, 3.8) is 0 Å². The predicted molar refractivity (Wildman–Crippen MR) is 86.7 cm³/mol. The normalized spacial score (nSPS) is 10.6.